The Morgan fingerprint density at radius 2 is 1.78 bits per heavy atom. The van der Waals surface area contributed by atoms with E-state index < -0.39 is 6.29 Å². The fourth-order valence-electron chi connectivity index (χ4n) is 2.09. The Morgan fingerprint density at radius 3 is 2.44 bits per heavy atom. The van der Waals surface area contributed by atoms with Gasteiger partial charge in [0.05, 0.1) is 12.7 Å². The zero-order valence-corrected chi connectivity index (χ0v) is 11.9. The van der Waals surface area contributed by atoms with Crippen molar-refractivity contribution in [1.29, 1.82) is 0 Å². The Balaban J connectivity index is 2.26. The van der Waals surface area contributed by atoms with Gasteiger partial charge in [0.15, 0.2) is 6.29 Å². The molecule has 0 saturated carbocycles. The lowest BCUT2D eigenvalue weighted by molar-refractivity contribution is -0.149. The van der Waals surface area contributed by atoms with Crippen LogP contribution in [-0.4, -0.2) is 43.4 Å². The second-order valence-electron chi connectivity index (χ2n) is 5.04. The molecule has 0 spiro atoms. The molecule has 0 aromatic heterocycles. The normalized spacial score (nSPS) is 32.0. The Kier molecular flexibility index (Phi) is 7.82. The average Bonchev–Trinajstić information content (AvgIpc) is 2.62. The van der Waals surface area contributed by atoms with E-state index in [-0.39, 0.29) is 18.1 Å². The number of hydrogen-bond donors (Lipinski definition) is 1. The third kappa shape index (κ3) is 4.84. The van der Waals surface area contributed by atoms with E-state index in [4.69, 9.17) is 14.2 Å². The lowest BCUT2D eigenvalue weighted by Gasteiger charge is -2.19. The highest BCUT2D eigenvalue weighted by Crippen LogP contribution is 2.28. The Bertz CT molecular complexity index is 210. The van der Waals surface area contributed by atoms with Crippen molar-refractivity contribution in [2.75, 3.05) is 19.8 Å². The molecule has 1 rings (SSSR count). The summed E-state index contributed by atoms with van der Waals surface area (Å²) in [5.41, 5.74) is 0. The fourth-order valence-corrected chi connectivity index (χ4v) is 2.09. The average molecular weight is 260 g/mol. The largest absolute Gasteiger partial charge is 0.379 e. The molecular weight excluding hydrogens is 232 g/mol. The molecular formula is C14H28O4. The van der Waals surface area contributed by atoms with Crippen molar-refractivity contribution in [2.24, 2.45) is 5.92 Å². The lowest BCUT2D eigenvalue weighted by atomic mass is 10.0. The van der Waals surface area contributed by atoms with E-state index in [1.807, 2.05) is 0 Å². The maximum absolute atomic E-state index is 9.83. The van der Waals surface area contributed by atoms with Crippen LogP contribution in [0.3, 0.4) is 0 Å². The number of rotatable bonds is 9. The van der Waals surface area contributed by atoms with Crippen molar-refractivity contribution in [1.82, 2.24) is 0 Å². The van der Waals surface area contributed by atoms with Gasteiger partial charge in [0.2, 0.25) is 0 Å². The zero-order chi connectivity index (χ0) is 13.4. The molecule has 0 radical (unpaired) electrons. The summed E-state index contributed by atoms with van der Waals surface area (Å²) >= 11 is 0. The third-order valence-electron chi connectivity index (χ3n) is 3.43. The number of unbranched alkanes of at least 4 members (excludes halogenated alkanes) is 2. The maximum Gasteiger partial charge on any atom is 0.181 e. The molecule has 0 aromatic carbocycles. The van der Waals surface area contributed by atoms with Crippen LogP contribution in [0.15, 0.2) is 0 Å². The molecule has 4 atom stereocenters. The summed E-state index contributed by atoms with van der Waals surface area (Å²) in [6.45, 7) is 8.32. The van der Waals surface area contributed by atoms with Crippen molar-refractivity contribution < 1.29 is 19.3 Å². The molecule has 18 heavy (non-hydrogen) atoms. The van der Waals surface area contributed by atoms with Gasteiger partial charge < -0.3 is 19.3 Å². The number of aliphatic hydroxyl groups excluding tert-OH is 1. The molecule has 0 aromatic rings. The smallest absolute Gasteiger partial charge is 0.181 e. The van der Waals surface area contributed by atoms with Gasteiger partial charge in [0.1, 0.15) is 6.10 Å². The van der Waals surface area contributed by atoms with Crippen LogP contribution in [0.25, 0.3) is 0 Å². The van der Waals surface area contributed by atoms with Gasteiger partial charge >= 0.3 is 0 Å². The van der Waals surface area contributed by atoms with E-state index >= 15 is 0 Å². The van der Waals surface area contributed by atoms with E-state index in [1.54, 1.807) is 0 Å². The summed E-state index contributed by atoms with van der Waals surface area (Å²) in [7, 11) is 0. The predicted octanol–water partition coefficient (Wildman–Crippen LogP) is 2.34. The van der Waals surface area contributed by atoms with Crippen molar-refractivity contribution in [3.63, 3.8) is 0 Å². The summed E-state index contributed by atoms with van der Waals surface area (Å²) in [4.78, 5) is 0. The second kappa shape index (κ2) is 8.86. The van der Waals surface area contributed by atoms with E-state index in [9.17, 15) is 5.11 Å². The molecule has 0 aliphatic carbocycles. The summed E-state index contributed by atoms with van der Waals surface area (Å²) in [6, 6.07) is 0. The van der Waals surface area contributed by atoms with Crippen LogP contribution in [0, 0.1) is 5.92 Å². The van der Waals surface area contributed by atoms with Crippen LogP contribution in [0.4, 0.5) is 0 Å². The summed E-state index contributed by atoms with van der Waals surface area (Å²) < 4.78 is 16.8. The van der Waals surface area contributed by atoms with Crippen molar-refractivity contribution >= 4 is 0 Å². The minimum atomic E-state index is -0.809. The topological polar surface area (TPSA) is 47.9 Å². The van der Waals surface area contributed by atoms with Gasteiger partial charge in [0, 0.05) is 19.1 Å². The van der Waals surface area contributed by atoms with Gasteiger partial charge in [-0.2, -0.15) is 0 Å². The zero-order valence-electron chi connectivity index (χ0n) is 11.9. The van der Waals surface area contributed by atoms with Crippen LogP contribution < -0.4 is 0 Å². The van der Waals surface area contributed by atoms with E-state index in [1.165, 1.54) is 0 Å². The number of hydrogen-bond acceptors (Lipinski definition) is 4. The van der Waals surface area contributed by atoms with E-state index in [0.717, 1.165) is 32.3 Å². The van der Waals surface area contributed by atoms with Gasteiger partial charge in [-0.05, 0) is 12.8 Å². The molecule has 4 nitrogen and oxygen atoms in total. The van der Waals surface area contributed by atoms with Gasteiger partial charge in [-0.25, -0.2) is 0 Å². The molecule has 1 heterocycles. The Hall–Kier alpha value is -0.160. The Morgan fingerprint density at radius 1 is 1.11 bits per heavy atom. The molecule has 0 bridgehead atoms. The lowest BCUT2D eigenvalue weighted by Crippen LogP contribution is -2.30. The first-order chi connectivity index (χ1) is 8.70. The highest BCUT2D eigenvalue weighted by molar-refractivity contribution is 4.84. The first-order valence-corrected chi connectivity index (χ1v) is 7.23. The summed E-state index contributed by atoms with van der Waals surface area (Å²) in [5, 5.41) is 9.83. The minimum absolute atomic E-state index is 0.0523. The second-order valence-corrected chi connectivity index (χ2v) is 5.04. The van der Waals surface area contributed by atoms with Gasteiger partial charge in [-0.15, -0.1) is 0 Å². The molecule has 1 aliphatic heterocycles. The van der Waals surface area contributed by atoms with E-state index in [0.29, 0.717) is 13.2 Å². The molecule has 1 aliphatic rings. The molecule has 108 valence electrons. The van der Waals surface area contributed by atoms with Crippen LogP contribution >= 0.6 is 0 Å². The van der Waals surface area contributed by atoms with Crippen molar-refractivity contribution in [3.8, 4) is 0 Å². The Labute approximate surface area is 111 Å². The van der Waals surface area contributed by atoms with Crippen molar-refractivity contribution in [3.05, 3.63) is 0 Å². The molecule has 1 unspecified atom stereocenters. The quantitative estimate of drug-likeness (QED) is 0.646. The SMILES string of the molecule is CCCCOC[C@H]1OC(O)[C@H](OCCCC)[C@@H]1C. The highest BCUT2D eigenvalue weighted by Gasteiger charge is 2.41. The van der Waals surface area contributed by atoms with Crippen LogP contribution in [0.1, 0.15) is 46.5 Å². The monoisotopic (exact) mass is 260 g/mol. The highest BCUT2D eigenvalue weighted by atomic mass is 16.7. The first kappa shape index (κ1) is 15.9. The van der Waals surface area contributed by atoms with Gasteiger partial charge in [-0.1, -0.05) is 33.6 Å². The molecule has 1 saturated heterocycles. The molecule has 4 heteroatoms. The minimum Gasteiger partial charge on any atom is -0.379 e. The van der Waals surface area contributed by atoms with Crippen LogP contribution in [0.2, 0.25) is 0 Å². The maximum atomic E-state index is 9.83. The number of ether oxygens (including phenoxy) is 3. The van der Waals surface area contributed by atoms with Gasteiger partial charge in [0.25, 0.3) is 0 Å². The van der Waals surface area contributed by atoms with Crippen molar-refractivity contribution in [2.45, 2.75) is 65.0 Å². The van der Waals surface area contributed by atoms with Gasteiger partial charge in [-0.3, -0.25) is 0 Å². The summed E-state index contributed by atoms with van der Waals surface area (Å²) in [5.74, 6) is 0.179. The fraction of sp³-hybridized carbons (Fsp3) is 1.00. The van der Waals surface area contributed by atoms with Crippen LogP contribution in [0.5, 0.6) is 0 Å². The molecule has 1 fully saturated rings. The third-order valence-corrected chi connectivity index (χ3v) is 3.43. The van der Waals surface area contributed by atoms with Crippen LogP contribution in [-0.2, 0) is 14.2 Å². The van der Waals surface area contributed by atoms with E-state index in [2.05, 4.69) is 20.8 Å². The summed E-state index contributed by atoms with van der Waals surface area (Å²) in [6.07, 6.45) is 3.25. The molecule has 0 amide bonds. The predicted molar refractivity (Wildman–Crippen MR) is 70.4 cm³/mol. The first-order valence-electron chi connectivity index (χ1n) is 7.23. The number of aliphatic hydroxyl groups is 1. The molecule has 1 N–H and O–H groups in total. The standard InChI is InChI=1S/C14H28O4/c1-4-6-8-16-10-12-11(3)13(14(15)18-12)17-9-7-5-2/h11-15H,4-10H2,1-3H3/t11-,12-,13-,14?/m1/s1.